The van der Waals surface area contributed by atoms with Crippen LogP contribution in [0.3, 0.4) is 0 Å². The molecular formula is C19H17F4N3OS. The number of hydrogen-bond acceptors (Lipinski definition) is 4. The highest BCUT2D eigenvalue weighted by molar-refractivity contribution is 8.00. The van der Waals surface area contributed by atoms with Crippen molar-refractivity contribution in [3.63, 3.8) is 0 Å². The minimum atomic E-state index is -4.73. The van der Waals surface area contributed by atoms with Crippen LogP contribution in [0.4, 0.5) is 23.2 Å². The van der Waals surface area contributed by atoms with E-state index in [2.05, 4.69) is 10.3 Å². The smallest absolute Gasteiger partial charge is 0.325 e. The topological polar surface area (TPSA) is 65.8 Å². The Bertz CT molecular complexity index is 930. The average molecular weight is 411 g/mol. The van der Waals surface area contributed by atoms with Gasteiger partial charge in [0.15, 0.2) is 0 Å². The van der Waals surface area contributed by atoms with Gasteiger partial charge in [0, 0.05) is 16.8 Å². The van der Waals surface area contributed by atoms with E-state index in [0.717, 1.165) is 23.9 Å². The van der Waals surface area contributed by atoms with Gasteiger partial charge in [0.2, 0.25) is 5.91 Å². The molecule has 1 aromatic heterocycles. The normalized spacial score (nSPS) is 11.8. The molecule has 0 spiro atoms. The lowest BCUT2D eigenvalue weighted by Crippen LogP contribution is -2.19. The molecule has 0 atom stereocenters. The van der Waals surface area contributed by atoms with Gasteiger partial charge in [-0.05, 0) is 24.3 Å². The molecule has 0 unspecified atom stereocenters. The van der Waals surface area contributed by atoms with Crippen molar-refractivity contribution in [1.29, 1.82) is 5.26 Å². The Morgan fingerprint density at radius 1 is 1.25 bits per heavy atom. The number of pyridine rings is 1. The van der Waals surface area contributed by atoms with Gasteiger partial charge in [-0.2, -0.15) is 18.4 Å². The van der Waals surface area contributed by atoms with Gasteiger partial charge < -0.3 is 5.32 Å². The van der Waals surface area contributed by atoms with Gasteiger partial charge in [0.05, 0.1) is 16.9 Å². The fourth-order valence-electron chi connectivity index (χ4n) is 2.24. The number of thioether (sulfide) groups is 1. The van der Waals surface area contributed by atoms with Crippen LogP contribution in [0.25, 0.3) is 0 Å². The second kappa shape index (κ2) is 8.19. The fourth-order valence-corrected chi connectivity index (χ4v) is 3.04. The molecule has 0 radical (unpaired) electrons. The summed E-state index contributed by atoms with van der Waals surface area (Å²) in [6.07, 6.45) is -4.73. The first kappa shape index (κ1) is 21.7. The maximum atomic E-state index is 13.4. The molecule has 0 saturated heterocycles. The van der Waals surface area contributed by atoms with E-state index in [4.69, 9.17) is 0 Å². The van der Waals surface area contributed by atoms with Crippen LogP contribution in [0.2, 0.25) is 0 Å². The Morgan fingerprint density at radius 2 is 1.93 bits per heavy atom. The molecule has 0 bridgehead atoms. The molecule has 1 amide bonds. The van der Waals surface area contributed by atoms with Crippen molar-refractivity contribution in [2.24, 2.45) is 0 Å². The SMILES string of the molecule is CC(C)(C)c1cc(C(F)(F)F)c(C#N)c(SCC(=O)Nc2cccc(F)c2)n1. The molecule has 28 heavy (non-hydrogen) atoms. The quantitative estimate of drug-likeness (QED) is 0.559. The Balaban J connectivity index is 2.31. The maximum Gasteiger partial charge on any atom is 0.417 e. The van der Waals surface area contributed by atoms with Gasteiger partial charge >= 0.3 is 6.18 Å². The van der Waals surface area contributed by atoms with Crippen LogP contribution in [-0.2, 0) is 16.4 Å². The minimum Gasteiger partial charge on any atom is -0.325 e. The fraction of sp³-hybridized carbons (Fsp3) is 0.316. The molecule has 1 aromatic carbocycles. The summed E-state index contributed by atoms with van der Waals surface area (Å²) < 4.78 is 53.4. The summed E-state index contributed by atoms with van der Waals surface area (Å²) in [5.74, 6) is -1.38. The van der Waals surface area contributed by atoms with E-state index >= 15 is 0 Å². The van der Waals surface area contributed by atoms with Crippen LogP contribution in [0, 0.1) is 17.1 Å². The van der Waals surface area contributed by atoms with Crippen molar-refractivity contribution < 1.29 is 22.4 Å². The number of nitriles is 1. The van der Waals surface area contributed by atoms with Crippen molar-refractivity contribution >= 4 is 23.4 Å². The van der Waals surface area contributed by atoms with E-state index in [-0.39, 0.29) is 22.2 Å². The zero-order valence-corrected chi connectivity index (χ0v) is 16.1. The Morgan fingerprint density at radius 3 is 2.46 bits per heavy atom. The zero-order chi connectivity index (χ0) is 21.1. The predicted molar refractivity (Wildman–Crippen MR) is 98.4 cm³/mol. The van der Waals surface area contributed by atoms with Gasteiger partial charge in [0.25, 0.3) is 0 Å². The molecule has 1 heterocycles. The number of aromatic nitrogens is 1. The summed E-state index contributed by atoms with van der Waals surface area (Å²) in [5.41, 5.74) is -2.01. The maximum absolute atomic E-state index is 13.4. The van der Waals surface area contributed by atoms with Crippen LogP contribution in [0.15, 0.2) is 35.4 Å². The molecule has 0 fully saturated rings. The molecule has 0 saturated carbocycles. The van der Waals surface area contributed by atoms with Crippen LogP contribution < -0.4 is 5.32 Å². The largest absolute Gasteiger partial charge is 0.417 e. The highest BCUT2D eigenvalue weighted by atomic mass is 32.2. The van der Waals surface area contributed by atoms with Gasteiger partial charge in [0.1, 0.15) is 16.9 Å². The van der Waals surface area contributed by atoms with E-state index in [9.17, 15) is 27.6 Å². The minimum absolute atomic E-state index is 0.159. The van der Waals surface area contributed by atoms with Gasteiger partial charge in [-0.25, -0.2) is 9.37 Å². The summed E-state index contributed by atoms with van der Waals surface area (Å²) in [5, 5.41) is 11.5. The first-order valence-electron chi connectivity index (χ1n) is 8.13. The molecule has 148 valence electrons. The number of carbonyl (C=O) groups excluding carboxylic acids is 1. The average Bonchev–Trinajstić information content (AvgIpc) is 2.57. The molecule has 9 heteroatoms. The molecule has 0 aliphatic heterocycles. The summed E-state index contributed by atoms with van der Waals surface area (Å²) in [4.78, 5) is 16.3. The van der Waals surface area contributed by atoms with E-state index < -0.39 is 34.4 Å². The molecule has 2 rings (SSSR count). The number of anilines is 1. The summed E-state index contributed by atoms with van der Waals surface area (Å²) in [6, 6.07) is 7.63. The lowest BCUT2D eigenvalue weighted by molar-refractivity contribution is -0.138. The number of nitrogens with one attached hydrogen (secondary N) is 1. The summed E-state index contributed by atoms with van der Waals surface area (Å²) >= 11 is 0.724. The van der Waals surface area contributed by atoms with E-state index in [1.165, 1.54) is 18.2 Å². The zero-order valence-electron chi connectivity index (χ0n) is 15.3. The molecule has 0 aliphatic rings. The van der Waals surface area contributed by atoms with Crippen LogP contribution in [0.5, 0.6) is 0 Å². The van der Waals surface area contributed by atoms with Gasteiger partial charge in [-0.15, -0.1) is 0 Å². The van der Waals surface area contributed by atoms with E-state index in [1.807, 2.05) is 0 Å². The van der Waals surface area contributed by atoms with Gasteiger partial charge in [-0.1, -0.05) is 38.6 Å². The number of rotatable bonds is 4. The van der Waals surface area contributed by atoms with Gasteiger partial charge in [-0.3, -0.25) is 4.79 Å². The number of benzene rings is 1. The lowest BCUT2D eigenvalue weighted by atomic mass is 9.90. The molecule has 0 aliphatic carbocycles. The van der Waals surface area contributed by atoms with Crippen LogP contribution in [-0.4, -0.2) is 16.6 Å². The Labute approximate surface area is 164 Å². The number of nitrogens with zero attached hydrogens (tertiary/aromatic N) is 2. The number of hydrogen-bond donors (Lipinski definition) is 1. The van der Waals surface area contributed by atoms with Crippen LogP contribution in [0.1, 0.15) is 37.6 Å². The monoisotopic (exact) mass is 411 g/mol. The molecular weight excluding hydrogens is 394 g/mol. The number of alkyl halides is 3. The predicted octanol–water partition coefficient (Wildman–Crippen LogP) is 5.14. The Kier molecular flexibility index (Phi) is 6.34. The third kappa shape index (κ3) is 5.45. The third-order valence-corrected chi connectivity index (χ3v) is 4.60. The lowest BCUT2D eigenvalue weighted by Gasteiger charge is -2.21. The van der Waals surface area contributed by atoms with Crippen molar-refractivity contribution in [2.45, 2.75) is 37.4 Å². The van der Waals surface area contributed by atoms with Crippen molar-refractivity contribution in [2.75, 3.05) is 11.1 Å². The number of amides is 1. The summed E-state index contributed by atoms with van der Waals surface area (Å²) in [7, 11) is 0. The van der Waals surface area contributed by atoms with Crippen LogP contribution >= 0.6 is 11.8 Å². The third-order valence-electron chi connectivity index (χ3n) is 3.62. The second-order valence-corrected chi connectivity index (χ2v) is 7.91. The highest BCUT2D eigenvalue weighted by Crippen LogP contribution is 2.38. The van der Waals surface area contributed by atoms with E-state index in [1.54, 1.807) is 26.8 Å². The number of carbonyl (C=O) groups is 1. The van der Waals surface area contributed by atoms with Crippen molar-refractivity contribution in [3.05, 3.63) is 53.0 Å². The number of halogens is 4. The Hall–Kier alpha value is -2.60. The highest BCUT2D eigenvalue weighted by Gasteiger charge is 2.37. The van der Waals surface area contributed by atoms with Crippen molar-refractivity contribution in [3.8, 4) is 6.07 Å². The first-order chi connectivity index (χ1) is 12.9. The van der Waals surface area contributed by atoms with Crippen molar-refractivity contribution in [1.82, 2.24) is 4.98 Å². The first-order valence-corrected chi connectivity index (χ1v) is 9.11. The van der Waals surface area contributed by atoms with E-state index in [0.29, 0.717) is 0 Å². The molecule has 4 nitrogen and oxygen atoms in total. The molecule has 1 N–H and O–H groups in total. The molecule has 2 aromatic rings. The standard InChI is InChI=1S/C19H17F4N3OS/c1-18(2,3)15-8-14(19(21,22)23)13(9-24)17(26-15)28-10-16(27)25-12-6-4-5-11(20)7-12/h4-8H,10H2,1-3H3,(H,25,27). The summed E-state index contributed by atoms with van der Waals surface area (Å²) in [6.45, 7) is 5.10. The second-order valence-electron chi connectivity index (χ2n) is 6.94.